The van der Waals surface area contributed by atoms with Gasteiger partial charge in [-0.15, -0.1) is 11.3 Å². The summed E-state index contributed by atoms with van der Waals surface area (Å²) in [4.78, 5) is 9.44. The van der Waals surface area contributed by atoms with E-state index >= 15 is 0 Å². The number of aromatic nitrogens is 1. The molecule has 1 N–H and O–H groups in total. The van der Waals surface area contributed by atoms with Gasteiger partial charge in [-0.2, -0.15) is 0 Å². The maximum absolute atomic E-state index is 5.66. The highest BCUT2D eigenvalue weighted by Crippen LogP contribution is 2.28. The van der Waals surface area contributed by atoms with Crippen molar-refractivity contribution >= 4 is 39.5 Å². The molecule has 4 rings (SSSR count). The smallest absolute Gasteiger partial charge is 0.185 e. The predicted molar refractivity (Wildman–Crippen MR) is 123 cm³/mol. The van der Waals surface area contributed by atoms with Crippen molar-refractivity contribution < 1.29 is 0 Å². The standard InChI is InChI=1S/C22H24N4S2/c1-16-8-9-19(17(2)14-16)23-21(27)25-10-12-26(13-11-25)22-24-20(15-28-22)18-6-4-3-5-7-18/h3-9,14-15H,10-13H2,1-2H3,(H,23,27). The highest BCUT2D eigenvalue weighted by molar-refractivity contribution is 7.80. The zero-order valence-electron chi connectivity index (χ0n) is 16.2. The van der Waals surface area contributed by atoms with Crippen LogP contribution in [0.1, 0.15) is 11.1 Å². The van der Waals surface area contributed by atoms with Crippen LogP contribution in [0.15, 0.2) is 53.9 Å². The average Bonchev–Trinajstić information content (AvgIpc) is 3.21. The van der Waals surface area contributed by atoms with Gasteiger partial charge in [0.1, 0.15) is 0 Å². The van der Waals surface area contributed by atoms with Gasteiger partial charge in [-0.3, -0.25) is 0 Å². The van der Waals surface area contributed by atoms with E-state index in [4.69, 9.17) is 17.2 Å². The molecule has 1 aliphatic rings. The summed E-state index contributed by atoms with van der Waals surface area (Å²) >= 11 is 7.37. The summed E-state index contributed by atoms with van der Waals surface area (Å²) in [5.41, 5.74) is 5.79. The topological polar surface area (TPSA) is 31.4 Å². The number of thiazole rings is 1. The molecular formula is C22H24N4S2. The molecule has 4 nitrogen and oxygen atoms in total. The second-order valence-corrected chi connectivity index (χ2v) is 8.33. The number of nitrogens with one attached hydrogen (secondary N) is 1. The van der Waals surface area contributed by atoms with Gasteiger partial charge in [-0.25, -0.2) is 4.98 Å². The fraction of sp³-hybridized carbons (Fsp3) is 0.273. The summed E-state index contributed by atoms with van der Waals surface area (Å²) in [5, 5.41) is 7.45. The third-order valence-electron chi connectivity index (χ3n) is 5.02. The molecule has 0 spiro atoms. The zero-order valence-corrected chi connectivity index (χ0v) is 17.8. The van der Waals surface area contributed by atoms with E-state index in [1.54, 1.807) is 11.3 Å². The van der Waals surface area contributed by atoms with E-state index in [2.05, 4.69) is 76.8 Å². The van der Waals surface area contributed by atoms with Gasteiger partial charge in [0.25, 0.3) is 0 Å². The Kier molecular flexibility index (Phi) is 5.59. The summed E-state index contributed by atoms with van der Waals surface area (Å²) < 4.78 is 0. The third-order valence-corrected chi connectivity index (χ3v) is 6.28. The molecule has 144 valence electrons. The van der Waals surface area contributed by atoms with Crippen molar-refractivity contribution in [1.82, 2.24) is 9.88 Å². The van der Waals surface area contributed by atoms with E-state index in [0.29, 0.717) is 0 Å². The van der Waals surface area contributed by atoms with Gasteiger partial charge in [-0.1, -0.05) is 48.0 Å². The highest BCUT2D eigenvalue weighted by atomic mass is 32.1. The van der Waals surface area contributed by atoms with Crippen molar-refractivity contribution in [2.24, 2.45) is 0 Å². The van der Waals surface area contributed by atoms with Crippen molar-refractivity contribution in [2.75, 3.05) is 36.4 Å². The van der Waals surface area contributed by atoms with Gasteiger partial charge >= 0.3 is 0 Å². The molecule has 3 aromatic rings. The molecule has 0 atom stereocenters. The van der Waals surface area contributed by atoms with E-state index in [0.717, 1.165) is 47.8 Å². The van der Waals surface area contributed by atoms with Crippen molar-refractivity contribution in [3.63, 3.8) is 0 Å². The van der Waals surface area contributed by atoms with E-state index < -0.39 is 0 Å². The molecule has 2 heterocycles. The molecule has 6 heteroatoms. The molecule has 0 radical (unpaired) electrons. The summed E-state index contributed by atoms with van der Waals surface area (Å²) in [6, 6.07) is 16.7. The van der Waals surface area contributed by atoms with Gasteiger partial charge in [-0.05, 0) is 37.7 Å². The molecule has 1 aliphatic heterocycles. The van der Waals surface area contributed by atoms with Gasteiger partial charge < -0.3 is 15.1 Å². The lowest BCUT2D eigenvalue weighted by molar-refractivity contribution is 0.390. The number of hydrogen-bond acceptors (Lipinski definition) is 4. The number of thiocarbonyl (C=S) groups is 1. The Bertz CT molecular complexity index is 960. The number of benzene rings is 2. The monoisotopic (exact) mass is 408 g/mol. The predicted octanol–water partition coefficient (Wildman–Crippen LogP) is 4.95. The van der Waals surface area contributed by atoms with Crippen LogP contribution in [0.3, 0.4) is 0 Å². The minimum Gasteiger partial charge on any atom is -0.345 e. The first kappa shape index (κ1) is 18.9. The van der Waals surface area contributed by atoms with Gasteiger partial charge in [0.05, 0.1) is 5.69 Å². The third kappa shape index (κ3) is 4.18. The molecule has 0 unspecified atom stereocenters. The number of aryl methyl sites for hydroxylation is 2. The van der Waals surface area contributed by atoms with Crippen LogP contribution < -0.4 is 10.2 Å². The Hall–Kier alpha value is -2.44. The molecule has 2 aromatic carbocycles. The van der Waals surface area contributed by atoms with Crippen LogP contribution in [0, 0.1) is 13.8 Å². The minimum absolute atomic E-state index is 0.802. The lowest BCUT2D eigenvalue weighted by Crippen LogP contribution is -2.50. The van der Waals surface area contributed by atoms with Gasteiger partial charge in [0.15, 0.2) is 10.2 Å². The number of rotatable bonds is 3. The van der Waals surface area contributed by atoms with Crippen molar-refractivity contribution in [3.05, 3.63) is 65.0 Å². The van der Waals surface area contributed by atoms with E-state index in [-0.39, 0.29) is 0 Å². The second-order valence-electron chi connectivity index (χ2n) is 7.10. The summed E-state index contributed by atoms with van der Waals surface area (Å²) in [6.45, 7) is 7.87. The molecule has 1 fully saturated rings. The van der Waals surface area contributed by atoms with Crippen LogP contribution in [-0.2, 0) is 0 Å². The molecular weight excluding hydrogens is 384 g/mol. The van der Waals surface area contributed by atoms with Crippen LogP contribution in [0.5, 0.6) is 0 Å². The quantitative estimate of drug-likeness (QED) is 0.620. The first-order chi connectivity index (χ1) is 13.6. The second kappa shape index (κ2) is 8.29. The van der Waals surface area contributed by atoms with Crippen LogP contribution in [0.25, 0.3) is 11.3 Å². The Morgan fingerprint density at radius 3 is 2.50 bits per heavy atom. The summed E-state index contributed by atoms with van der Waals surface area (Å²) in [6.07, 6.45) is 0. The number of nitrogens with zero attached hydrogens (tertiary/aromatic N) is 3. The Morgan fingerprint density at radius 2 is 1.79 bits per heavy atom. The number of piperazine rings is 1. The Morgan fingerprint density at radius 1 is 1.04 bits per heavy atom. The molecule has 0 amide bonds. The first-order valence-corrected chi connectivity index (χ1v) is 10.8. The molecule has 0 aliphatic carbocycles. The first-order valence-electron chi connectivity index (χ1n) is 9.49. The maximum atomic E-state index is 5.66. The molecule has 0 saturated carbocycles. The molecule has 1 saturated heterocycles. The SMILES string of the molecule is Cc1ccc(NC(=S)N2CCN(c3nc(-c4ccccc4)cs3)CC2)c(C)c1. The summed E-state index contributed by atoms with van der Waals surface area (Å²) in [5.74, 6) is 0. The van der Waals surface area contributed by atoms with Crippen LogP contribution in [-0.4, -0.2) is 41.2 Å². The average molecular weight is 409 g/mol. The Balaban J connectivity index is 1.35. The van der Waals surface area contributed by atoms with Crippen molar-refractivity contribution in [2.45, 2.75) is 13.8 Å². The largest absolute Gasteiger partial charge is 0.345 e. The fourth-order valence-electron chi connectivity index (χ4n) is 3.40. The van der Waals surface area contributed by atoms with E-state index in [1.807, 2.05) is 6.07 Å². The highest BCUT2D eigenvalue weighted by Gasteiger charge is 2.21. The van der Waals surface area contributed by atoms with Gasteiger partial charge in [0, 0.05) is 42.8 Å². The maximum Gasteiger partial charge on any atom is 0.185 e. The van der Waals surface area contributed by atoms with Crippen LogP contribution >= 0.6 is 23.6 Å². The fourth-order valence-corrected chi connectivity index (χ4v) is 4.58. The number of hydrogen-bond donors (Lipinski definition) is 1. The van der Waals surface area contributed by atoms with Crippen molar-refractivity contribution in [1.29, 1.82) is 0 Å². The molecule has 0 bridgehead atoms. The van der Waals surface area contributed by atoms with Crippen molar-refractivity contribution in [3.8, 4) is 11.3 Å². The van der Waals surface area contributed by atoms with E-state index in [1.165, 1.54) is 16.7 Å². The van der Waals surface area contributed by atoms with Gasteiger partial charge in [0.2, 0.25) is 0 Å². The van der Waals surface area contributed by atoms with E-state index in [9.17, 15) is 0 Å². The van der Waals surface area contributed by atoms with Crippen LogP contribution in [0.2, 0.25) is 0 Å². The normalized spacial score (nSPS) is 14.2. The Labute approximate surface area is 175 Å². The number of anilines is 2. The summed E-state index contributed by atoms with van der Waals surface area (Å²) in [7, 11) is 0. The zero-order chi connectivity index (χ0) is 19.5. The molecule has 28 heavy (non-hydrogen) atoms. The minimum atomic E-state index is 0.802. The lowest BCUT2D eigenvalue weighted by Gasteiger charge is -2.36. The molecule has 1 aromatic heterocycles. The van der Waals surface area contributed by atoms with Crippen LogP contribution in [0.4, 0.5) is 10.8 Å². The lowest BCUT2D eigenvalue weighted by atomic mass is 10.1.